The molecule has 13 heteroatoms. The van der Waals surface area contributed by atoms with Crippen LogP contribution < -0.4 is 5.32 Å². The third-order valence-electron chi connectivity index (χ3n) is 4.37. The van der Waals surface area contributed by atoms with Crippen molar-refractivity contribution in [3.8, 4) is 0 Å². The molecule has 1 aliphatic rings. The van der Waals surface area contributed by atoms with Crippen LogP contribution in [0.4, 0.5) is 23.2 Å². The molecule has 1 saturated heterocycles. The van der Waals surface area contributed by atoms with Crippen LogP contribution in [0.3, 0.4) is 0 Å². The van der Waals surface area contributed by atoms with Gasteiger partial charge in [0.15, 0.2) is 5.79 Å². The number of nitrogens with one attached hydrogen (secondary N) is 1. The van der Waals surface area contributed by atoms with Crippen molar-refractivity contribution in [1.29, 1.82) is 0 Å². The van der Waals surface area contributed by atoms with Gasteiger partial charge in [0.25, 0.3) is 5.69 Å². The standard InChI is InChI=1S/C18H20F4N2O7/c1-9(25)31-14-8-30-17(2,3)29-7-12(14)23-15(26)6-10-11(19)4-5-13(24(27)28)16(10)18(20,21)22/h4-5,12,14H,6-8H2,1-3H3,(H,23,26). The van der Waals surface area contributed by atoms with Crippen LogP contribution >= 0.6 is 0 Å². The molecule has 1 N–H and O–H groups in total. The van der Waals surface area contributed by atoms with Crippen LogP contribution in [0.5, 0.6) is 0 Å². The highest BCUT2D eigenvalue weighted by atomic mass is 19.4. The summed E-state index contributed by atoms with van der Waals surface area (Å²) < 4.78 is 70.3. The highest BCUT2D eigenvalue weighted by Crippen LogP contribution is 2.39. The lowest BCUT2D eigenvalue weighted by Crippen LogP contribution is -2.49. The number of ether oxygens (including phenoxy) is 3. The van der Waals surface area contributed by atoms with E-state index in [0.29, 0.717) is 12.1 Å². The largest absolute Gasteiger partial charge is 0.458 e. The molecule has 1 aromatic rings. The normalized spacial score (nSPS) is 21.1. The first-order valence-electron chi connectivity index (χ1n) is 8.98. The fourth-order valence-electron chi connectivity index (χ4n) is 2.97. The second kappa shape index (κ2) is 9.14. The molecule has 2 rings (SSSR count). The Kier molecular flexibility index (Phi) is 7.21. The molecule has 1 aliphatic heterocycles. The number of esters is 1. The predicted octanol–water partition coefficient (Wildman–Crippen LogP) is 2.49. The summed E-state index contributed by atoms with van der Waals surface area (Å²) in [6.45, 7) is 3.84. The molecule has 31 heavy (non-hydrogen) atoms. The van der Waals surface area contributed by atoms with E-state index in [0.717, 1.165) is 6.92 Å². The van der Waals surface area contributed by atoms with Gasteiger partial charge < -0.3 is 19.5 Å². The van der Waals surface area contributed by atoms with Crippen LogP contribution in [0, 0.1) is 15.9 Å². The van der Waals surface area contributed by atoms with Crippen molar-refractivity contribution in [3.05, 3.63) is 39.2 Å². The van der Waals surface area contributed by atoms with Gasteiger partial charge in [-0.15, -0.1) is 0 Å². The first-order valence-corrected chi connectivity index (χ1v) is 8.98. The van der Waals surface area contributed by atoms with E-state index in [2.05, 4.69) is 5.32 Å². The average molecular weight is 452 g/mol. The van der Waals surface area contributed by atoms with Crippen LogP contribution in [0.2, 0.25) is 0 Å². The minimum absolute atomic E-state index is 0.184. The maximum atomic E-state index is 14.2. The van der Waals surface area contributed by atoms with Crippen molar-refractivity contribution in [3.63, 3.8) is 0 Å². The molecule has 1 heterocycles. The zero-order valence-corrected chi connectivity index (χ0v) is 16.7. The van der Waals surface area contributed by atoms with Crippen molar-refractivity contribution >= 4 is 17.6 Å². The molecule has 0 radical (unpaired) electrons. The molecule has 0 spiro atoms. The number of rotatable bonds is 5. The molecule has 0 aromatic heterocycles. The number of hydrogen-bond donors (Lipinski definition) is 1. The van der Waals surface area contributed by atoms with Gasteiger partial charge in [0.05, 0.1) is 30.6 Å². The van der Waals surface area contributed by atoms with Crippen molar-refractivity contribution < 1.29 is 46.3 Å². The Labute approximate surface area is 173 Å². The quantitative estimate of drug-likeness (QED) is 0.316. The molecular formula is C18H20F4N2O7. The van der Waals surface area contributed by atoms with Gasteiger partial charge in [-0.1, -0.05) is 0 Å². The van der Waals surface area contributed by atoms with E-state index in [1.807, 2.05) is 0 Å². The maximum absolute atomic E-state index is 14.2. The lowest BCUT2D eigenvalue weighted by atomic mass is 10.0. The number of carbonyl (C=O) groups is 2. The molecule has 2 unspecified atom stereocenters. The van der Waals surface area contributed by atoms with Crippen molar-refractivity contribution in [2.45, 2.75) is 51.3 Å². The number of amides is 1. The van der Waals surface area contributed by atoms with Gasteiger partial charge in [0, 0.05) is 18.6 Å². The van der Waals surface area contributed by atoms with Crippen LogP contribution in [0.1, 0.15) is 31.9 Å². The second-order valence-electron chi connectivity index (χ2n) is 7.20. The average Bonchev–Trinajstić information content (AvgIpc) is 2.74. The van der Waals surface area contributed by atoms with E-state index >= 15 is 0 Å². The number of halogens is 4. The summed E-state index contributed by atoms with van der Waals surface area (Å²) in [5.41, 5.74) is -4.39. The summed E-state index contributed by atoms with van der Waals surface area (Å²) in [5.74, 6) is -4.30. The van der Waals surface area contributed by atoms with E-state index < -0.39 is 70.0 Å². The Balaban J connectivity index is 2.31. The van der Waals surface area contributed by atoms with E-state index in [1.165, 1.54) is 0 Å². The first kappa shape index (κ1) is 24.5. The maximum Gasteiger partial charge on any atom is 0.423 e. The molecule has 172 valence electrons. The van der Waals surface area contributed by atoms with E-state index in [9.17, 15) is 37.3 Å². The molecule has 1 amide bonds. The summed E-state index contributed by atoms with van der Waals surface area (Å²) in [4.78, 5) is 33.5. The Morgan fingerprint density at radius 2 is 1.90 bits per heavy atom. The number of carbonyl (C=O) groups excluding carboxylic acids is 2. The summed E-state index contributed by atoms with van der Waals surface area (Å²) in [7, 11) is 0. The van der Waals surface area contributed by atoms with E-state index in [-0.39, 0.29) is 13.2 Å². The summed E-state index contributed by atoms with van der Waals surface area (Å²) in [6.07, 6.45) is -7.44. The minimum Gasteiger partial charge on any atom is -0.458 e. The summed E-state index contributed by atoms with van der Waals surface area (Å²) in [6, 6.07) is -0.147. The SMILES string of the molecule is CC(=O)OC1COC(C)(C)OCC1NC(=O)Cc1c(F)ccc([N+](=O)[O-])c1C(F)(F)F. The monoisotopic (exact) mass is 452 g/mol. The molecule has 0 bridgehead atoms. The third-order valence-corrected chi connectivity index (χ3v) is 4.37. The lowest BCUT2D eigenvalue weighted by Gasteiger charge is -2.24. The smallest absolute Gasteiger partial charge is 0.423 e. The molecule has 2 atom stereocenters. The van der Waals surface area contributed by atoms with Gasteiger partial charge in [-0.3, -0.25) is 19.7 Å². The van der Waals surface area contributed by atoms with Gasteiger partial charge in [0.1, 0.15) is 17.5 Å². The Hall–Kier alpha value is -2.80. The number of benzene rings is 1. The summed E-state index contributed by atoms with van der Waals surface area (Å²) in [5, 5.41) is 13.3. The van der Waals surface area contributed by atoms with Gasteiger partial charge in [-0.25, -0.2) is 4.39 Å². The lowest BCUT2D eigenvalue weighted by molar-refractivity contribution is -0.388. The second-order valence-corrected chi connectivity index (χ2v) is 7.20. The number of nitrogens with zero attached hydrogens (tertiary/aromatic N) is 1. The fourth-order valence-corrected chi connectivity index (χ4v) is 2.97. The van der Waals surface area contributed by atoms with Gasteiger partial charge in [0.2, 0.25) is 5.91 Å². The van der Waals surface area contributed by atoms with Gasteiger partial charge >= 0.3 is 12.1 Å². The van der Waals surface area contributed by atoms with Crippen LogP contribution in [0.15, 0.2) is 12.1 Å². The summed E-state index contributed by atoms with van der Waals surface area (Å²) >= 11 is 0. The van der Waals surface area contributed by atoms with Gasteiger partial charge in [-0.2, -0.15) is 13.2 Å². The Morgan fingerprint density at radius 1 is 1.29 bits per heavy atom. The van der Waals surface area contributed by atoms with Crippen LogP contribution in [-0.2, 0) is 36.4 Å². The third kappa shape index (κ3) is 6.34. The van der Waals surface area contributed by atoms with Crippen molar-refractivity contribution in [2.24, 2.45) is 0 Å². The zero-order chi connectivity index (χ0) is 23.6. The topological polar surface area (TPSA) is 117 Å². The highest BCUT2D eigenvalue weighted by molar-refractivity contribution is 5.80. The van der Waals surface area contributed by atoms with E-state index in [1.54, 1.807) is 13.8 Å². The van der Waals surface area contributed by atoms with Crippen LogP contribution in [-0.4, -0.2) is 47.9 Å². The highest BCUT2D eigenvalue weighted by Gasteiger charge is 2.43. The Bertz CT molecular complexity index is 873. The molecule has 0 aliphatic carbocycles. The number of nitro benzene ring substituents is 1. The van der Waals surface area contributed by atoms with E-state index in [4.69, 9.17) is 14.2 Å². The fraction of sp³-hybridized carbons (Fsp3) is 0.556. The van der Waals surface area contributed by atoms with Gasteiger partial charge in [-0.05, 0) is 19.9 Å². The zero-order valence-electron chi connectivity index (χ0n) is 16.7. The number of alkyl halides is 3. The first-order chi connectivity index (χ1) is 14.2. The molecule has 1 fully saturated rings. The van der Waals surface area contributed by atoms with Crippen LogP contribution in [0.25, 0.3) is 0 Å². The molecule has 0 saturated carbocycles. The number of hydrogen-bond acceptors (Lipinski definition) is 7. The minimum atomic E-state index is -5.27. The Morgan fingerprint density at radius 3 is 2.45 bits per heavy atom. The molecule has 1 aromatic carbocycles. The number of nitro groups is 1. The van der Waals surface area contributed by atoms with Crippen molar-refractivity contribution in [1.82, 2.24) is 5.32 Å². The predicted molar refractivity (Wildman–Crippen MR) is 95.2 cm³/mol. The molecular weight excluding hydrogens is 432 g/mol. The molecule has 9 nitrogen and oxygen atoms in total. The van der Waals surface area contributed by atoms with Crippen molar-refractivity contribution in [2.75, 3.05) is 13.2 Å².